The maximum absolute atomic E-state index is 13.1. The number of ether oxygens (including phenoxy) is 1. The third-order valence-corrected chi connectivity index (χ3v) is 6.76. The van der Waals surface area contributed by atoms with Crippen LogP contribution >= 0.6 is 43.5 Å². The lowest BCUT2D eigenvalue weighted by Gasteiger charge is -2.29. The van der Waals surface area contributed by atoms with Gasteiger partial charge in [-0.3, -0.25) is 9.59 Å². The number of amides is 2. The summed E-state index contributed by atoms with van der Waals surface area (Å²) in [6.45, 7) is 1.90. The van der Waals surface area contributed by atoms with Crippen molar-refractivity contribution in [3.63, 3.8) is 0 Å². The summed E-state index contributed by atoms with van der Waals surface area (Å²) in [5, 5.41) is 3.66. The van der Waals surface area contributed by atoms with Gasteiger partial charge in [-0.05, 0) is 71.6 Å². The molecular formula is C23H25Br2ClN2O3. The Morgan fingerprint density at radius 1 is 1.16 bits per heavy atom. The van der Waals surface area contributed by atoms with E-state index in [1.165, 1.54) is 0 Å². The van der Waals surface area contributed by atoms with Crippen LogP contribution in [-0.4, -0.2) is 35.4 Å². The van der Waals surface area contributed by atoms with E-state index in [1.54, 1.807) is 30.0 Å². The monoisotopic (exact) mass is 570 g/mol. The molecule has 1 N–H and O–H groups in total. The molecule has 31 heavy (non-hydrogen) atoms. The zero-order chi connectivity index (χ0) is 22.4. The fraction of sp³-hybridized carbons (Fsp3) is 0.391. The van der Waals surface area contributed by atoms with E-state index in [4.69, 9.17) is 16.3 Å². The predicted octanol–water partition coefficient (Wildman–Crippen LogP) is 5.72. The Morgan fingerprint density at radius 3 is 2.48 bits per heavy atom. The van der Waals surface area contributed by atoms with Crippen molar-refractivity contribution in [2.45, 2.75) is 51.2 Å². The molecule has 2 aromatic rings. The summed E-state index contributed by atoms with van der Waals surface area (Å²) >= 11 is 12.8. The maximum Gasteiger partial charge on any atom is 0.261 e. The molecule has 1 aliphatic rings. The third kappa shape index (κ3) is 6.96. The highest BCUT2D eigenvalue weighted by Gasteiger charge is 2.28. The van der Waals surface area contributed by atoms with Gasteiger partial charge >= 0.3 is 0 Å². The smallest absolute Gasteiger partial charge is 0.261 e. The van der Waals surface area contributed by atoms with E-state index in [-0.39, 0.29) is 24.5 Å². The average molecular weight is 573 g/mol. The lowest BCUT2D eigenvalue weighted by atomic mass is 10.1. The average Bonchev–Trinajstić information content (AvgIpc) is 3.25. The molecule has 0 spiro atoms. The van der Waals surface area contributed by atoms with E-state index in [2.05, 4.69) is 37.2 Å². The highest BCUT2D eigenvalue weighted by molar-refractivity contribution is 9.10. The first-order valence-electron chi connectivity index (χ1n) is 10.3. The molecule has 0 unspecified atom stereocenters. The van der Waals surface area contributed by atoms with Gasteiger partial charge in [-0.1, -0.05) is 52.5 Å². The zero-order valence-corrected chi connectivity index (χ0v) is 21.2. The van der Waals surface area contributed by atoms with Crippen molar-refractivity contribution in [3.8, 4) is 5.75 Å². The summed E-state index contributed by atoms with van der Waals surface area (Å²) in [4.78, 5) is 27.6. The Bertz CT molecular complexity index is 918. The van der Waals surface area contributed by atoms with Crippen LogP contribution in [0.15, 0.2) is 51.4 Å². The summed E-state index contributed by atoms with van der Waals surface area (Å²) in [7, 11) is 0. The molecule has 8 heteroatoms. The largest absolute Gasteiger partial charge is 0.483 e. The van der Waals surface area contributed by atoms with Crippen molar-refractivity contribution in [3.05, 3.63) is 62.0 Å². The highest BCUT2D eigenvalue weighted by Crippen LogP contribution is 2.28. The van der Waals surface area contributed by atoms with Gasteiger partial charge in [0.05, 0.1) is 4.47 Å². The zero-order valence-electron chi connectivity index (χ0n) is 17.2. The van der Waals surface area contributed by atoms with E-state index in [0.717, 1.165) is 35.7 Å². The lowest BCUT2D eigenvalue weighted by molar-refractivity contribution is -0.142. The van der Waals surface area contributed by atoms with Crippen LogP contribution in [0.5, 0.6) is 5.75 Å². The molecular weight excluding hydrogens is 548 g/mol. The Labute approximate surface area is 204 Å². The first kappa shape index (κ1) is 24.1. The number of hydrogen-bond donors (Lipinski definition) is 1. The summed E-state index contributed by atoms with van der Waals surface area (Å²) in [5.74, 6) is 0.119. The molecule has 0 aromatic heterocycles. The third-order valence-electron chi connectivity index (χ3n) is 5.38. The van der Waals surface area contributed by atoms with Crippen LogP contribution in [0.25, 0.3) is 0 Å². The molecule has 1 atom stereocenters. The fourth-order valence-electron chi connectivity index (χ4n) is 3.58. The van der Waals surface area contributed by atoms with Gasteiger partial charge in [0.15, 0.2) is 6.61 Å². The van der Waals surface area contributed by atoms with Gasteiger partial charge in [0, 0.05) is 22.1 Å². The standard InChI is InChI=1S/C23H25Br2ClN2O3/c1-15(23(30)27-19-4-2-3-5-19)28(13-16-6-8-17(24)9-7-16)22(29)14-31-21-11-10-18(26)12-20(21)25/h6-12,15,19H,2-5,13-14H2,1H3,(H,27,30)/t15-/m1/s1. The molecule has 3 rings (SSSR count). The summed E-state index contributed by atoms with van der Waals surface area (Å²) < 4.78 is 7.34. The van der Waals surface area contributed by atoms with E-state index in [0.29, 0.717) is 21.8 Å². The Kier molecular flexibility index (Phi) is 8.81. The highest BCUT2D eigenvalue weighted by atomic mass is 79.9. The normalized spacial score (nSPS) is 14.8. The Hall–Kier alpha value is -1.57. The maximum atomic E-state index is 13.1. The summed E-state index contributed by atoms with van der Waals surface area (Å²) in [6.07, 6.45) is 4.25. The predicted molar refractivity (Wildman–Crippen MR) is 129 cm³/mol. The van der Waals surface area contributed by atoms with E-state index < -0.39 is 6.04 Å². The van der Waals surface area contributed by atoms with Crippen LogP contribution in [-0.2, 0) is 16.1 Å². The van der Waals surface area contributed by atoms with Crippen molar-refractivity contribution >= 4 is 55.3 Å². The molecule has 1 saturated carbocycles. The number of nitrogens with zero attached hydrogens (tertiary/aromatic N) is 1. The number of benzene rings is 2. The number of halogens is 3. The minimum Gasteiger partial charge on any atom is -0.483 e. The quantitative estimate of drug-likeness (QED) is 0.440. The molecule has 166 valence electrons. The summed E-state index contributed by atoms with van der Waals surface area (Å²) in [5.41, 5.74) is 0.935. The molecule has 0 bridgehead atoms. The van der Waals surface area contributed by atoms with Crippen LogP contribution in [0.1, 0.15) is 38.2 Å². The molecule has 0 heterocycles. The van der Waals surface area contributed by atoms with Crippen molar-refractivity contribution in [2.24, 2.45) is 0 Å². The second-order valence-corrected chi connectivity index (χ2v) is 9.88. The van der Waals surface area contributed by atoms with Crippen LogP contribution in [0.2, 0.25) is 5.02 Å². The molecule has 0 radical (unpaired) electrons. The van der Waals surface area contributed by atoms with Crippen molar-refractivity contribution in [2.75, 3.05) is 6.61 Å². The second-order valence-electron chi connectivity index (χ2n) is 7.68. The minimum absolute atomic E-state index is 0.134. The van der Waals surface area contributed by atoms with Crippen LogP contribution in [0.4, 0.5) is 0 Å². The van der Waals surface area contributed by atoms with Crippen molar-refractivity contribution in [1.82, 2.24) is 10.2 Å². The number of carbonyl (C=O) groups excluding carboxylic acids is 2. The lowest BCUT2D eigenvalue weighted by Crippen LogP contribution is -2.50. The summed E-state index contributed by atoms with van der Waals surface area (Å²) in [6, 6.07) is 12.4. The number of rotatable bonds is 8. The Balaban J connectivity index is 1.72. The van der Waals surface area contributed by atoms with Gasteiger partial charge in [0.1, 0.15) is 11.8 Å². The van der Waals surface area contributed by atoms with Crippen LogP contribution < -0.4 is 10.1 Å². The molecule has 5 nitrogen and oxygen atoms in total. The number of nitrogens with one attached hydrogen (secondary N) is 1. The van der Waals surface area contributed by atoms with Crippen molar-refractivity contribution in [1.29, 1.82) is 0 Å². The van der Waals surface area contributed by atoms with E-state index >= 15 is 0 Å². The molecule has 2 aromatic carbocycles. The molecule has 1 fully saturated rings. The first-order chi connectivity index (χ1) is 14.8. The van der Waals surface area contributed by atoms with E-state index in [9.17, 15) is 9.59 Å². The Morgan fingerprint density at radius 2 is 1.84 bits per heavy atom. The minimum atomic E-state index is -0.617. The van der Waals surface area contributed by atoms with Gasteiger partial charge in [0.25, 0.3) is 5.91 Å². The topological polar surface area (TPSA) is 58.6 Å². The molecule has 0 aliphatic heterocycles. The molecule has 2 amide bonds. The van der Waals surface area contributed by atoms with Gasteiger partial charge in [-0.2, -0.15) is 0 Å². The number of hydrogen-bond acceptors (Lipinski definition) is 3. The van der Waals surface area contributed by atoms with Gasteiger partial charge < -0.3 is 15.0 Å². The fourth-order valence-corrected chi connectivity index (χ4v) is 4.64. The SMILES string of the molecule is C[C@H](C(=O)NC1CCCC1)N(Cc1ccc(Br)cc1)C(=O)COc1ccc(Cl)cc1Br. The van der Waals surface area contributed by atoms with Crippen LogP contribution in [0.3, 0.4) is 0 Å². The van der Waals surface area contributed by atoms with Crippen molar-refractivity contribution < 1.29 is 14.3 Å². The van der Waals surface area contributed by atoms with Crippen LogP contribution in [0, 0.1) is 0 Å². The number of carbonyl (C=O) groups is 2. The molecule has 1 aliphatic carbocycles. The first-order valence-corrected chi connectivity index (χ1v) is 12.2. The second kappa shape index (κ2) is 11.3. The molecule has 0 saturated heterocycles. The van der Waals surface area contributed by atoms with Gasteiger partial charge in [-0.15, -0.1) is 0 Å². The van der Waals surface area contributed by atoms with Gasteiger partial charge in [-0.25, -0.2) is 0 Å². The van der Waals surface area contributed by atoms with Gasteiger partial charge in [0.2, 0.25) is 5.91 Å². The van der Waals surface area contributed by atoms with E-state index in [1.807, 2.05) is 24.3 Å².